The van der Waals surface area contributed by atoms with E-state index in [4.69, 9.17) is 14.4 Å². The van der Waals surface area contributed by atoms with Gasteiger partial charge in [-0.3, -0.25) is 0 Å². The van der Waals surface area contributed by atoms with Gasteiger partial charge in [0.1, 0.15) is 27.4 Å². The molecule has 0 saturated carbocycles. The van der Waals surface area contributed by atoms with E-state index in [0.29, 0.717) is 0 Å². The molecule has 1 aromatic carbocycles. The zero-order valence-corrected chi connectivity index (χ0v) is 16.9. The van der Waals surface area contributed by atoms with Gasteiger partial charge in [0.05, 0.1) is 17.5 Å². The summed E-state index contributed by atoms with van der Waals surface area (Å²) in [6, 6.07) is 12.5. The second-order valence-corrected chi connectivity index (χ2v) is 8.58. The van der Waals surface area contributed by atoms with Gasteiger partial charge in [-0.1, -0.05) is 24.3 Å². The topological polar surface area (TPSA) is 69.1 Å². The number of rotatable bonds is 1. The van der Waals surface area contributed by atoms with Crippen molar-refractivity contribution in [2.75, 3.05) is 0 Å². The van der Waals surface area contributed by atoms with Gasteiger partial charge in [-0.2, -0.15) is 5.10 Å². The Balaban J connectivity index is 1.69. The molecule has 5 heterocycles. The van der Waals surface area contributed by atoms with Crippen LogP contribution in [0.5, 0.6) is 0 Å². The summed E-state index contributed by atoms with van der Waals surface area (Å²) in [6.07, 6.45) is 5.39. The lowest BCUT2D eigenvalue weighted by Crippen LogP contribution is -2.07. The van der Waals surface area contributed by atoms with Crippen LogP contribution in [0.15, 0.2) is 53.4 Å². The SMILES string of the molecule is Cc1nc2c3sc4nc5c(c(-c6ccco6)c4c3ncn2n1)CCc1ccccc1-5. The van der Waals surface area contributed by atoms with E-state index >= 15 is 0 Å². The molecule has 0 N–H and O–H groups in total. The molecule has 5 aromatic heterocycles. The molecular formula is C23H15N5OS. The monoisotopic (exact) mass is 409 g/mol. The number of hydrogen-bond acceptors (Lipinski definition) is 6. The Kier molecular flexibility index (Phi) is 3.10. The molecule has 7 rings (SSSR count). The van der Waals surface area contributed by atoms with Crippen molar-refractivity contribution in [2.45, 2.75) is 19.8 Å². The minimum Gasteiger partial charge on any atom is -0.464 e. The Morgan fingerprint density at radius 3 is 2.90 bits per heavy atom. The van der Waals surface area contributed by atoms with Gasteiger partial charge in [0.15, 0.2) is 5.65 Å². The Morgan fingerprint density at radius 1 is 1.07 bits per heavy atom. The Bertz CT molecular complexity index is 1610. The first-order valence-corrected chi connectivity index (χ1v) is 10.7. The maximum atomic E-state index is 5.91. The third-order valence-electron chi connectivity index (χ3n) is 5.84. The number of aromatic nitrogens is 5. The third-order valence-corrected chi connectivity index (χ3v) is 6.91. The van der Waals surface area contributed by atoms with Gasteiger partial charge < -0.3 is 4.42 Å². The standard InChI is InChI=1S/C23H15N5OS/c1-12-25-22-21-20(24-11-28(22)27-12)18-17(16-7-4-10-29-16)15-9-8-13-5-2-3-6-14(13)19(15)26-23(18)30-21/h2-7,10-11H,8-9H2,1H3. The van der Waals surface area contributed by atoms with Gasteiger partial charge in [-0.25, -0.2) is 19.5 Å². The van der Waals surface area contributed by atoms with Crippen molar-refractivity contribution in [3.63, 3.8) is 0 Å². The van der Waals surface area contributed by atoms with E-state index in [-0.39, 0.29) is 0 Å². The fourth-order valence-corrected chi connectivity index (χ4v) is 5.71. The molecule has 6 nitrogen and oxygen atoms in total. The Labute approximate surface area is 174 Å². The number of nitrogens with zero attached hydrogens (tertiary/aromatic N) is 5. The summed E-state index contributed by atoms with van der Waals surface area (Å²) in [4.78, 5) is 15.5. The van der Waals surface area contributed by atoms with E-state index in [1.165, 1.54) is 16.7 Å². The van der Waals surface area contributed by atoms with Gasteiger partial charge in [0.2, 0.25) is 0 Å². The van der Waals surface area contributed by atoms with Crippen LogP contribution in [-0.4, -0.2) is 24.6 Å². The molecule has 144 valence electrons. The maximum absolute atomic E-state index is 5.91. The van der Waals surface area contributed by atoms with Gasteiger partial charge in [-0.15, -0.1) is 11.3 Å². The molecule has 0 unspecified atom stereocenters. The molecule has 1 aliphatic carbocycles. The van der Waals surface area contributed by atoms with Crippen LogP contribution in [0.1, 0.15) is 17.0 Å². The number of thiophene rings is 1. The largest absolute Gasteiger partial charge is 0.464 e. The number of furan rings is 1. The van der Waals surface area contributed by atoms with Crippen molar-refractivity contribution >= 4 is 37.4 Å². The highest BCUT2D eigenvalue weighted by atomic mass is 32.1. The number of hydrogen-bond donors (Lipinski definition) is 0. The van der Waals surface area contributed by atoms with Crippen molar-refractivity contribution in [1.82, 2.24) is 24.6 Å². The fraction of sp³-hybridized carbons (Fsp3) is 0.130. The molecule has 7 heteroatoms. The van der Waals surface area contributed by atoms with E-state index in [1.54, 1.807) is 28.4 Å². The second-order valence-electron chi connectivity index (χ2n) is 7.58. The van der Waals surface area contributed by atoms with Gasteiger partial charge in [0, 0.05) is 16.5 Å². The molecule has 1 aliphatic rings. The molecular weight excluding hydrogens is 394 g/mol. The van der Waals surface area contributed by atoms with Crippen molar-refractivity contribution in [3.05, 3.63) is 65.9 Å². The quantitative estimate of drug-likeness (QED) is 0.372. The lowest BCUT2D eigenvalue weighted by atomic mass is 9.85. The lowest BCUT2D eigenvalue weighted by molar-refractivity contribution is 0.582. The second kappa shape index (κ2) is 5.73. The van der Waals surface area contributed by atoms with Crippen LogP contribution in [0.2, 0.25) is 0 Å². The first-order valence-electron chi connectivity index (χ1n) is 9.87. The molecule has 0 atom stereocenters. The van der Waals surface area contributed by atoms with Gasteiger partial charge >= 0.3 is 0 Å². The van der Waals surface area contributed by atoms with Gasteiger partial charge in [-0.05, 0) is 43.0 Å². The Morgan fingerprint density at radius 2 is 2.00 bits per heavy atom. The number of aryl methyl sites for hydroxylation is 2. The zero-order valence-electron chi connectivity index (χ0n) is 16.1. The molecule has 0 aliphatic heterocycles. The third kappa shape index (κ3) is 2.07. The van der Waals surface area contributed by atoms with Crippen LogP contribution in [0, 0.1) is 6.92 Å². The first kappa shape index (κ1) is 16.2. The fourth-order valence-electron chi connectivity index (χ4n) is 4.59. The summed E-state index contributed by atoms with van der Waals surface area (Å²) in [6.45, 7) is 1.90. The first-order chi connectivity index (χ1) is 14.8. The molecule has 0 amide bonds. The molecule has 0 radical (unpaired) electrons. The average Bonchev–Trinajstić information content (AvgIpc) is 3.49. The predicted molar refractivity (Wildman–Crippen MR) is 117 cm³/mol. The van der Waals surface area contributed by atoms with E-state index in [9.17, 15) is 0 Å². The average molecular weight is 409 g/mol. The van der Waals surface area contributed by atoms with Crippen LogP contribution >= 0.6 is 11.3 Å². The highest BCUT2D eigenvalue weighted by Crippen LogP contribution is 2.46. The molecule has 30 heavy (non-hydrogen) atoms. The minimum atomic E-state index is 0.731. The smallest absolute Gasteiger partial charge is 0.176 e. The lowest BCUT2D eigenvalue weighted by Gasteiger charge is -2.21. The maximum Gasteiger partial charge on any atom is 0.176 e. The van der Waals surface area contributed by atoms with E-state index < -0.39 is 0 Å². The summed E-state index contributed by atoms with van der Waals surface area (Å²) >= 11 is 1.62. The normalized spacial score (nSPS) is 13.2. The van der Waals surface area contributed by atoms with Crippen LogP contribution in [-0.2, 0) is 12.8 Å². The van der Waals surface area contributed by atoms with Crippen molar-refractivity contribution in [3.8, 4) is 22.6 Å². The van der Waals surface area contributed by atoms with Crippen LogP contribution < -0.4 is 0 Å². The number of fused-ring (bicyclic) bond motifs is 8. The molecule has 0 saturated heterocycles. The van der Waals surface area contributed by atoms with Gasteiger partial charge in [0.25, 0.3) is 0 Å². The summed E-state index contributed by atoms with van der Waals surface area (Å²) < 4.78 is 8.66. The zero-order chi connectivity index (χ0) is 19.8. The van der Waals surface area contributed by atoms with Crippen LogP contribution in [0.25, 0.3) is 48.7 Å². The number of benzene rings is 1. The van der Waals surface area contributed by atoms with E-state index in [1.807, 2.05) is 19.1 Å². The van der Waals surface area contributed by atoms with Crippen molar-refractivity contribution in [1.29, 1.82) is 0 Å². The minimum absolute atomic E-state index is 0.731. The van der Waals surface area contributed by atoms with E-state index in [2.05, 4.69) is 34.3 Å². The Hall–Kier alpha value is -3.58. The summed E-state index contributed by atoms with van der Waals surface area (Å²) in [5.74, 6) is 1.59. The predicted octanol–water partition coefficient (Wildman–Crippen LogP) is 5.22. The van der Waals surface area contributed by atoms with Crippen LogP contribution in [0.4, 0.5) is 0 Å². The molecule has 0 fully saturated rings. The van der Waals surface area contributed by atoms with Crippen molar-refractivity contribution < 1.29 is 4.42 Å². The highest BCUT2D eigenvalue weighted by molar-refractivity contribution is 7.26. The summed E-state index contributed by atoms with van der Waals surface area (Å²) in [7, 11) is 0. The number of pyridine rings is 1. The summed E-state index contributed by atoms with van der Waals surface area (Å²) in [5.41, 5.74) is 7.68. The summed E-state index contributed by atoms with van der Waals surface area (Å²) in [5, 5.41) is 5.47. The van der Waals surface area contributed by atoms with E-state index in [0.717, 1.165) is 61.8 Å². The van der Waals surface area contributed by atoms with Crippen molar-refractivity contribution in [2.24, 2.45) is 0 Å². The highest BCUT2D eigenvalue weighted by Gasteiger charge is 2.27. The molecule has 0 bridgehead atoms. The molecule has 0 spiro atoms. The van der Waals surface area contributed by atoms with Crippen LogP contribution in [0.3, 0.4) is 0 Å². The molecule has 6 aromatic rings.